The minimum atomic E-state index is 0.666. The monoisotopic (exact) mass is 237 g/mol. The SMILES string of the molecule is CCc1c(C)nc(C)nc1-c1ccc(C#N)cc1. The van der Waals surface area contributed by atoms with Crippen LogP contribution in [0.2, 0.25) is 0 Å². The maximum atomic E-state index is 8.81. The van der Waals surface area contributed by atoms with Gasteiger partial charge in [0.2, 0.25) is 0 Å². The number of hydrogen-bond acceptors (Lipinski definition) is 3. The van der Waals surface area contributed by atoms with Gasteiger partial charge in [-0.05, 0) is 38.0 Å². The molecule has 0 saturated heterocycles. The van der Waals surface area contributed by atoms with Crippen molar-refractivity contribution in [1.29, 1.82) is 5.26 Å². The van der Waals surface area contributed by atoms with E-state index in [0.717, 1.165) is 29.2 Å². The zero-order chi connectivity index (χ0) is 13.1. The fraction of sp³-hybridized carbons (Fsp3) is 0.267. The average Bonchev–Trinajstić information content (AvgIpc) is 2.38. The number of rotatable bonds is 2. The van der Waals surface area contributed by atoms with Crippen molar-refractivity contribution in [3.8, 4) is 17.3 Å². The summed E-state index contributed by atoms with van der Waals surface area (Å²) in [6, 6.07) is 9.65. The van der Waals surface area contributed by atoms with Gasteiger partial charge in [-0.15, -0.1) is 0 Å². The molecule has 0 bridgehead atoms. The maximum absolute atomic E-state index is 8.81. The van der Waals surface area contributed by atoms with Gasteiger partial charge in [-0.2, -0.15) is 5.26 Å². The number of hydrogen-bond donors (Lipinski definition) is 0. The lowest BCUT2D eigenvalue weighted by Gasteiger charge is -2.10. The second-order valence-corrected chi connectivity index (χ2v) is 4.23. The van der Waals surface area contributed by atoms with Gasteiger partial charge in [0.1, 0.15) is 5.82 Å². The second kappa shape index (κ2) is 4.97. The van der Waals surface area contributed by atoms with Crippen LogP contribution in [0, 0.1) is 25.2 Å². The van der Waals surface area contributed by atoms with E-state index >= 15 is 0 Å². The van der Waals surface area contributed by atoms with Crippen molar-refractivity contribution in [3.05, 3.63) is 46.9 Å². The van der Waals surface area contributed by atoms with Crippen molar-refractivity contribution in [2.45, 2.75) is 27.2 Å². The summed E-state index contributed by atoms with van der Waals surface area (Å²) in [5.74, 6) is 0.782. The van der Waals surface area contributed by atoms with Crippen LogP contribution in [-0.4, -0.2) is 9.97 Å². The highest BCUT2D eigenvalue weighted by molar-refractivity contribution is 5.64. The fourth-order valence-corrected chi connectivity index (χ4v) is 2.10. The molecule has 0 aliphatic carbocycles. The van der Waals surface area contributed by atoms with E-state index in [-0.39, 0.29) is 0 Å². The summed E-state index contributed by atoms with van der Waals surface area (Å²) in [5, 5.41) is 8.81. The molecular formula is C15H15N3. The molecule has 18 heavy (non-hydrogen) atoms. The number of aryl methyl sites for hydroxylation is 2. The predicted octanol–water partition coefficient (Wildman–Crippen LogP) is 3.19. The first-order chi connectivity index (χ1) is 8.65. The molecule has 0 spiro atoms. The van der Waals surface area contributed by atoms with Gasteiger partial charge in [-0.1, -0.05) is 19.1 Å². The van der Waals surface area contributed by atoms with Gasteiger partial charge in [-0.3, -0.25) is 0 Å². The lowest BCUT2D eigenvalue weighted by atomic mass is 10.0. The van der Waals surface area contributed by atoms with Crippen LogP contribution >= 0.6 is 0 Å². The summed E-state index contributed by atoms with van der Waals surface area (Å²) >= 11 is 0. The van der Waals surface area contributed by atoms with E-state index in [9.17, 15) is 0 Å². The maximum Gasteiger partial charge on any atom is 0.126 e. The third-order valence-corrected chi connectivity index (χ3v) is 2.97. The van der Waals surface area contributed by atoms with E-state index in [1.54, 1.807) is 0 Å². The topological polar surface area (TPSA) is 49.6 Å². The number of nitriles is 1. The lowest BCUT2D eigenvalue weighted by molar-refractivity contribution is 0.953. The van der Waals surface area contributed by atoms with Crippen molar-refractivity contribution in [2.75, 3.05) is 0 Å². The summed E-state index contributed by atoms with van der Waals surface area (Å²) in [4.78, 5) is 8.94. The van der Waals surface area contributed by atoms with E-state index in [1.165, 1.54) is 5.56 Å². The molecule has 90 valence electrons. The Balaban J connectivity index is 2.59. The molecule has 0 aliphatic heterocycles. The molecule has 2 aromatic rings. The van der Waals surface area contributed by atoms with Gasteiger partial charge in [-0.25, -0.2) is 9.97 Å². The number of aromatic nitrogens is 2. The summed E-state index contributed by atoms with van der Waals surface area (Å²) in [6.45, 7) is 6.02. The molecular weight excluding hydrogens is 222 g/mol. The lowest BCUT2D eigenvalue weighted by Crippen LogP contribution is -2.01. The molecule has 0 radical (unpaired) electrons. The van der Waals surface area contributed by atoms with Crippen LogP contribution in [0.4, 0.5) is 0 Å². The minimum Gasteiger partial charge on any atom is -0.238 e. The average molecular weight is 237 g/mol. The van der Waals surface area contributed by atoms with E-state index in [4.69, 9.17) is 5.26 Å². The highest BCUT2D eigenvalue weighted by atomic mass is 14.9. The summed E-state index contributed by atoms with van der Waals surface area (Å²) in [5.41, 5.74) is 4.89. The molecule has 0 N–H and O–H groups in total. The number of nitrogens with zero attached hydrogens (tertiary/aromatic N) is 3. The molecule has 3 heteroatoms. The zero-order valence-electron chi connectivity index (χ0n) is 10.9. The van der Waals surface area contributed by atoms with Gasteiger partial charge in [0.25, 0.3) is 0 Å². The smallest absolute Gasteiger partial charge is 0.126 e. The van der Waals surface area contributed by atoms with Crippen molar-refractivity contribution >= 4 is 0 Å². The molecule has 0 fully saturated rings. The molecule has 1 aromatic heterocycles. The van der Waals surface area contributed by atoms with Crippen molar-refractivity contribution in [1.82, 2.24) is 9.97 Å². The van der Waals surface area contributed by atoms with E-state index < -0.39 is 0 Å². The van der Waals surface area contributed by atoms with Crippen LogP contribution in [0.1, 0.15) is 29.6 Å². The largest absolute Gasteiger partial charge is 0.238 e. The summed E-state index contributed by atoms with van der Waals surface area (Å²) in [6.07, 6.45) is 0.904. The molecule has 1 aromatic carbocycles. The van der Waals surface area contributed by atoms with Crippen molar-refractivity contribution < 1.29 is 0 Å². The molecule has 0 aliphatic rings. The van der Waals surface area contributed by atoms with Gasteiger partial charge in [0.15, 0.2) is 0 Å². The third-order valence-electron chi connectivity index (χ3n) is 2.97. The predicted molar refractivity (Wildman–Crippen MR) is 71.0 cm³/mol. The van der Waals surface area contributed by atoms with Crippen molar-refractivity contribution in [2.24, 2.45) is 0 Å². The Kier molecular flexibility index (Phi) is 3.38. The molecule has 0 unspecified atom stereocenters. The van der Waals surface area contributed by atoms with Crippen LogP contribution in [0.15, 0.2) is 24.3 Å². The second-order valence-electron chi connectivity index (χ2n) is 4.23. The molecule has 0 atom stereocenters. The number of benzene rings is 1. The molecule has 1 heterocycles. The van der Waals surface area contributed by atoms with Crippen LogP contribution in [0.3, 0.4) is 0 Å². The molecule has 0 amide bonds. The van der Waals surface area contributed by atoms with E-state index in [0.29, 0.717) is 5.56 Å². The van der Waals surface area contributed by atoms with Gasteiger partial charge < -0.3 is 0 Å². The normalized spacial score (nSPS) is 10.1. The highest BCUT2D eigenvalue weighted by Gasteiger charge is 2.10. The molecule has 0 saturated carbocycles. The van der Waals surface area contributed by atoms with Crippen LogP contribution in [-0.2, 0) is 6.42 Å². The Morgan fingerprint density at radius 3 is 2.33 bits per heavy atom. The van der Waals surface area contributed by atoms with Crippen molar-refractivity contribution in [3.63, 3.8) is 0 Å². The first-order valence-corrected chi connectivity index (χ1v) is 6.00. The molecule has 2 rings (SSSR count). The van der Waals surface area contributed by atoms with Crippen LogP contribution in [0.5, 0.6) is 0 Å². The van der Waals surface area contributed by atoms with Gasteiger partial charge in [0.05, 0.1) is 17.3 Å². The first kappa shape index (κ1) is 12.3. The molecule has 3 nitrogen and oxygen atoms in total. The third kappa shape index (κ3) is 2.23. The summed E-state index contributed by atoms with van der Waals surface area (Å²) in [7, 11) is 0. The first-order valence-electron chi connectivity index (χ1n) is 6.00. The van der Waals surface area contributed by atoms with E-state index in [1.807, 2.05) is 38.1 Å². The van der Waals surface area contributed by atoms with Crippen LogP contribution < -0.4 is 0 Å². The zero-order valence-corrected chi connectivity index (χ0v) is 10.9. The Labute approximate surface area is 107 Å². The standard InChI is InChI=1S/C15H15N3/c1-4-14-10(2)17-11(3)18-15(14)13-7-5-12(9-16)6-8-13/h5-8H,4H2,1-3H3. The Bertz CT molecular complexity index is 607. The quantitative estimate of drug-likeness (QED) is 0.806. The van der Waals surface area contributed by atoms with E-state index in [2.05, 4.69) is 23.0 Å². The Morgan fingerprint density at radius 2 is 1.78 bits per heavy atom. The minimum absolute atomic E-state index is 0.666. The highest BCUT2D eigenvalue weighted by Crippen LogP contribution is 2.24. The van der Waals surface area contributed by atoms with Gasteiger partial charge >= 0.3 is 0 Å². The summed E-state index contributed by atoms with van der Waals surface area (Å²) < 4.78 is 0. The fourth-order valence-electron chi connectivity index (χ4n) is 2.10. The Hall–Kier alpha value is -2.21. The Morgan fingerprint density at radius 1 is 1.11 bits per heavy atom. The van der Waals surface area contributed by atoms with Gasteiger partial charge in [0, 0.05) is 11.3 Å². The van der Waals surface area contributed by atoms with Crippen LogP contribution in [0.25, 0.3) is 11.3 Å².